The molecule has 0 aliphatic heterocycles. The molecule has 0 amide bonds. The zero-order valence-electron chi connectivity index (χ0n) is 12.8. The molecule has 0 radical (unpaired) electrons. The van der Waals surface area contributed by atoms with Crippen molar-refractivity contribution in [1.82, 2.24) is 15.2 Å². The molecule has 0 spiro atoms. The summed E-state index contributed by atoms with van der Waals surface area (Å²) in [5.74, 6) is 0.329. The lowest BCUT2D eigenvalue weighted by Gasteiger charge is -2.11. The Bertz CT molecular complexity index is 912. The number of fused-ring (bicyclic) bond motifs is 1. The van der Waals surface area contributed by atoms with Gasteiger partial charge in [0.05, 0.1) is 17.1 Å². The van der Waals surface area contributed by atoms with Gasteiger partial charge in [-0.3, -0.25) is 5.10 Å². The first-order valence-corrected chi connectivity index (χ1v) is 7.34. The van der Waals surface area contributed by atoms with E-state index in [0.717, 1.165) is 11.1 Å². The van der Waals surface area contributed by atoms with Crippen molar-refractivity contribution in [2.24, 2.45) is 11.5 Å². The predicted octanol–water partition coefficient (Wildman–Crippen LogP) is 2.48. The molecule has 6 nitrogen and oxygen atoms in total. The Balaban J connectivity index is 1.87. The van der Waals surface area contributed by atoms with E-state index in [1.165, 1.54) is 18.5 Å². The fourth-order valence-electron chi connectivity index (χ4n) is 2.41. The van der Waals surface area contributed by atoms with Crippen LogP contribution in [0.4, 0.5) is 10.2 Å². The monoisotopic (exact) mass is 324 g/mol. The van der Waals surface area contributed by atoms with Gasteiger partial charge >= 0.3 is 0 Å². The molecule has 0 unspecified atom stereocenters. The highest BCUT2D eigenvalue weighted by atomic mass is 19.1. The van der Waals surface area contributed by atoms with E-state index in [4.69, 9.17) is 11.5 Å². The minimum atomic E-state index is -0.304. The van der Waals surface area contributed by atoms with E-state index in [9.17, 15) is 4.39 Å². The molecule has 0 fully saturated rings. The number of benzene rings is 1. The fraction of sp³-hybridized carbons (Fsp3) is 0.0588. The van der Waals surface area contributed by atoms with Gasteiger partial charge in [-0.05, 0) is 42.1 Å². The quantitative estimate of drug-likeness (QED) is 0.540. The van der Waals surface area contributed by atoms with Crippen LogP contribution in [0.2, 0.25) is 0 Å². The number of aromatic amines is 1. The van der Waals surface area contributed by atoms with Gasteiger partial charge in [-0.25, -0.2) is 9.37 Å². The number of allylic oxidation sites excluding steroid dienone is 2. The Morgan fingerprint density at radius 1 is 1.33 bits per heavy atom. The molecule has 24 heavy (non-hydrogen) atoms. The second-order valence-corrected chi connectivity index (χ2v) is 5.13. The smallest absolute Gasteiger partial charge is 0.135 e. The number of nitrogens with zero attached hydrogens (tertiary/aromatic N) is 2. The van der Waals surface area contributed by atoms with Crippen molar-refractivity contribution < 1.29 is 4.39 Å². The second kappa shape index (κ2) is 6.82. The minimum Gasteiger partial charge on any atom is -0.405 e. The van der Waals surface area contributed by atoms with Crippen LogP contribution in [0.25, 0.3) is 16.6 Å². The molecule has 0 aliphatic carbocycles. The topological polar surface area (TPSA) is 106 Å². The van der Waals surface area contributed by atoms with Crippen molar-refractivity contribution in [3.63, 3.8) is 0 Å². The third kappa shape index (κ3) is 3.05. The Labute approximate surface area is 138 Å². The molecule has 2 aromatic heterocycles. The number of halogens is 1. The predicted molar refractivity (Wildman–Crippen MR) is 93.1 cm³/mol. The van der Waals surface area contributed by atoms with Crippen LogP contribution in [0, 0.1) is 5.82 Å². The average molecular weight is 324 g/mol. The number of nitrogens with one attached hydrogen (secondary N) is 2. The summed E-state index contributed by atoms with van der Waals surface area (Å²) in [5, 5.41) is 10.4. The summed E-state index contributed by atoms with van der Waals surface area (Å²) in [4.78, 5) is 4.32. The third-order valence-corrected chi connectivity index (χ3v) is 3.60. The first-order valence-electron chi connectivity index (χ1n) is 7.34. The summed E-state index contributed by atoms with van der Waals surface area (Å²) in [6.07, 6.45) is 7.91. The van der Waals surface area contributed by atoms with Crippen molar-refractivity contribution >= 4 is 22.4 Å². The van der Waals surface area contributed by atoms with Gasteiger partial charge < -0.3 is 16.8 Å². The lowest BCUT2D eigenvalue weighted by atomic mass is 10.1. The van der Waals surface area contributed by atoms with E-state index in [1.807, 2.05) is 6.07 Å². The standard InChI is InChI=1S/C17H17FN6/c18-14-6-5-11(16-13(14)10-23-24-16)9-22-17-12(3-2-8-21-17)15(20)4-1-7-19/h1-8,10H,9,19-20H2,(H,21,22)(H,23,24)/b7-1-,15-4-. The Kier molecular flexibility index (Phi) is 4.42. The minimum absolute atomic E-state index is 0.304. The molecule has 0 atom stereocenters. The molecular weight excluding hydrogens is 307 g/mol. The molecule has 0 saturated heterocycles. The number of anilines is 1. The van der Waals surface area contributed by atoms with E-state index in [0.29, 0.717) is 29.0 Å². The highest BCUT2D eigenvalue weighted by molar-refractivity contribution is 5.82. The molecule has 3 aromatic rings. The van der Waals surface area contributed by atoms with Gasteiger partial charge in [-0.15, -0.1) is 0 Å². The Morgan fingerprint density at radius 3 is 3.04 bits per heavy atom. The van der Waals surface area contributed by atoms with E-state index >= 15 is 0 Å². The van der Waals surface area contributed by atoms with Crippen molar-refractivity contribution in [2.45, 2.75) is 6.54 Å². The van der Waals surface area contributed by atoms with Crippen molar-refractivity contribution in [2.75, 3.05) is 5.32 Å². The van der Waals surface area contributed by atoms with Crippen molar-refractivity contribution in [1.29, 1.82) is 0 Å². The highest BCUT2D eigenvalue weighted by Gasteiger charge is 2.10. The first kappa shape index (κ1) is 15.5. The first-order chi connectivity index (χ1) is 11.7. The van der Waals surface area contributed by atoms with E-state index in [2.05, 4.69) is 20.5 Å². The molecule has 0 saturated carbocycles. The number of pyridine rings is 1. The van der Waals surface area contributed by atoms with Gasteiger partial charge in [0, 0.05) is 24.0 Å². The second-order valence-electron chi connectivity index (χ2n) is 5.13. The van der Waals surface area contributed by atoms with Crippen LogP contribution in [0.3, 0.4) is 0 Å². The summed E-state index contributed by atoms with van der Waals surface area (Å²) < 4.78 is 13.7. The van der Waals surface area contributed by atoms with E-state index in [1.54, 1.807) is 30.5 Å². The number of nitrogens with two attached hydrogens (primary N) is 2. The molecule has 2 heterocycles. The molecular formula is C17H17FN6. The number of hydrogen-bond donors (Lipinski definition) is 4. The maximum absolute atomic E-state index is 13.7. The van der Waals surface area contributed by atoms with Crippen molar-refractivity contribution in [3.05, 3.63) is 72.0 Å². The van der Waals surface area contributed by atoms with Crippen LogP contribution in [0.15, 0.2) is 55.0 Å². The number of H-pyrrole nitrogens is 1. The molecule has 1 aromatic carbocycles. The van der Waals surface area contributed by atoms with Gasteiger partial charge in [0.2, 0.25) is 0 Å². The molecule has 0 aliphatic rings. The van der Waals surface area contributed by atoms with Crippen LogP contribution in [-0.4, -0.2) is 15.2 Å². The number of rotatable bonds is 5. The molecule has 6 N–H and O–H groups in total. The van der Waals surface area contributed by atoms with Crippen LogP contribution >= 0.6 is 0 Å². The highest BCUT2D eigenvalue weighted by Crippen LogP contribution is 2.22. The molecule has 7 heteroatoms. The fourth-order valence-corrected chi connectivity index (χ4v) is 2.41. The summed E-state index contributed by atoms with van der Waals surface area (Å²) in [5.41, 5.74) is 14.2. The zero-order valence-corrected chi connectivity index (χ0v) is 12.8. The normalized spacial score (nSPS) is 12.1. The molecule has 122 valence electrons. The largest absolute Gasteiger partial charge is 0.405 e. The zero-order chi connectivity index (χ0) is 16.9. The summed E-state index contributed by atoms with van der Waals surface area (Å²) in [6, 6.07) is 6.80. The van der Waals surface area contributed by atoms with Gasteiger partial charge in [0.15, 0.2) is 0 Å². The SMILES string of the molecule is N/C=C\C=C(/N)c1cccnc1NCc1ccc(F)c2cn[nH]c12. The molecule has 0 bridgehead atoms. The van der Waals surface area contributed by atoms with Crippen LogP contribution in [0.5, 0.6) is 0 Å². The third-order valence-electron chi connectivity index (χ3n) is 3.60. The van der Waals surface area contributed by atoms with E-state index < -0.39 is 0 Å². The maximum Gasteiger partial charge on any atom is 0.135 e. The summed E-state index contributed by atoms with van der Waals surface area (Å²) in [7, 11) is 0. The van der Waals surface area contributed by atoms with Crippen LogP contribution < -0.4 is 16.8 Å². The van der Waals surface area contributed by atoms with E-state index in [-0.39, 0.29) is 5.82 Å². The van der Waals surface area contributed by atoms with Gasteiger partial charge in [-0.1, -0.05) is 6.07 Å². The van der Waals surface area contributed by atoms with Gasteiger partial charge in [0.25, 0.3) is 0 Å². The van der Waals surface area contributed by atoms with Crippen LogP contribution in [0.1, 0.15) is 11.1 Å². The Hall–Kier alpha value is -3.35. The Morgan fingerprint density at radius 2 is 2.21 bits per heavy atom. The summed E-state index contributed by atoms with van der Waals surface area (Å²) >= 11 is 0. The van der Waals surface area contributed by atoms with Crippen molar-refractivity contribution in [3.8, 4) is 0 Å². The molecule has 3 rings (SSSR count). The lowest BCUT2D eigenvalue weighted by Crippen LogP contribution is -2.07. The maximum atomic E-state index is 13.7. The van der Waals surface area contributed by atoms with Gasteiger partial charge in [-0.2, -0.15) is 5.10 Å². The van der Waals surface area contributed by atoms with Gasteiger partial charge in [0.1, 0.15) is 11.6 Å². The average Bonchev–Trinajstić information content (AvgIpc) is 3.10. The van der Waals surface area contributed by atoms with Crippen LogP contribution in [-0.2, 0) is 6.54 Å². The number of aromatic nitrogens is 3. The summed E-state index contributed by atoms with van der Waals surface area (Å²) in [6.45, 7) is 0.447. The number of hydrogen-bond acceptors (Lipinski definition) is 5. The lowest BCUT2D eigenvalue weighted by molar-refractivity contribution is 0.639.